The van der Waals surface area contributed by atoms with Gasteiger partial charge >= 0.3 is 0 Å². The number of methoxy groups -OCH3 is 1. The van der Waals surface area contributed by atoms with Crippen molar-refractivity contribution in [1.29, 1.82) is 0 Å². The summed E-state index contributed by atoms with van der Waals surface area (Å²) in [5.74, 6) is -0.406. The first-order valence-corrected chi connectivity index (χ1v) is 6.99. The van der Waals surface area contributed by atoms with Crippen LogP contribution in [0.3, 0.4) is 0 Å². The second-order valence-corrected chi connectivity index (χ2v) is 5.77. The summed E-state index contributed by atoms with van der Waals surface area (Å²) in [6.07, 6.45) is 3.41. The predicted molar refractivity (Wildman–Crippen MR) is 81.0 cm³/mol. The van der Waals surface area contributed by atoms with E-state index in [-0.39, 0.29) is 11.7 Å². The number of nitrogens with zero attached hydrogens (tertiary/aromatic N) is 2. The molecule has 2 rings (SSSR count). The second-order valence-electron chi connectivity index (χ2n) is 5.77. The third kappa shape index (κ3) is 3.92. The van der Waals surface area contributed by atoms with Gasteiger partial charge in [-0.05, 0) is 32.0 Å². The Bertz CT molecular complexity index is 652. The lowest BCUT2D eigenvalue weighted by molar-refractivity contribution is -0.132. The van der Waals surface area contributed by atoms with E-state index in [1.54, 1.807) is 36.3 Å². The zero-order valence-electron chi connectivity index (χ0n) is 13.0. The maximum atomic E-state index is 13.2. The largest absolute Gasteiger partial charge is 0.384 e. The zero-order chi connectivity index (χ0) is 16.2. The molecule has 0 radical (unpaired) electrons. The summed E-state index contributed by atoms with van der Waals surface area (Å²) in [6, 6.07) is 6.17. The Morgan fingerprint density at radius 2 is 2.23 bits per heavy atom. The van der Waals surface area contributed by atoms with E-state index >= 15 is 0 Å². The minimum absolute atomic E-state index is 0.0899. The van der Waals surface area contributed by atoms with Gasteiger partial charge in [-0.3, -0.25) is 4.79 Å². The van der Waals surface area contributed by atoms with Gasteiger partial charge in [-0.2, -0.15) is 5.10 Å². The molecule has 2 aromatic rings. The SMILES string of the molecule is COCC(C)(C)C(=O)NCc1cnn(-c2cccc(F)c2)c1. The molecule has 1 amide bonds. The smallest absolute Gasteiger partial charge is 0.228 e. The zero-order valence-corrected chi connectivity index (χ0v) is 13.0. The van der Waals surface area contributed by atoms with E-state index in [4.69, 9.17) is 4.74 Å². The quantitative estimate of drug-likeness (QED) is 0.891. The van der Waals surface area contributed by atoms with Gasteiger partial charge in [0.15, 0.2) is 0 Å². The number of nitrogens with one attached hydrogen (secondary N) is 1. The Balaban J connectivity index is 2.00. The van der Waals surface area contributed by atoms with Crippen molar-refractivity contribution in [3.05, 3.63) is 48.0 Å². The Morgan fingerprint density at radius 1 is 1.45 bits per heavy atom. The molecule has 0 atom stereocenters. The lowest BCUT2D eigenvalue weighted by atomic mass is 9.93. The lowest BCUT2D eigenvalue weighted by Gasteiger charge is -2.22. The first-order chi connectivity index (χ1) is 10.4. The van der Waals surface area contributed by atoms with Crippen LogP contribution in [0.25, 0.3) is 5.69 Å². The average molecular weight is 305 g/mol. The molecule has 22 heavy (non-hydrogen) atoms. The van der Waals surface area contributed by atoms with Gasteiger partial charge in [-0.15, -0.1) is 0 Å². The molecule has 1 aromatic heterocycles. The van der Waals surface area contributed by atoms with Gasteiger partial charge in [-0.25, -0.2) is 9.07 Å². The molecule has 0 bridgehead atoms. The molecule has 0 aliphatic rings. The molecule has 1 N–H and O–H groups in total. The number of benzene rings is 1. The van der Waals surface area contributed by atoms with Crippen LogP contribution in [0.15, 0.2) is 36.7 Å². The number of halogens is 1. The third-order valence-electron chi connectivity index (χ3n) is 3.28. The number of amides is 1. The summed E-state index contributed by atoms with van der Waals surface area (Å²) in [7, 11) is 1.57. The van der Waals surface area contributed by atoms with Gasteiger partial charge in [0.05, 0.1) is 23.9 Å². The fraction of sp³-hybridized carbons (Fsp3) is 0.375. The van der Waals surface area contributed by atoms with Crippen molar-refractivity contribution in [1.82, 2.24) is 15.1 Å². The van der Waals surface area contributed by atoms with Gasteiger partial charge in [0.25, 0.3) is 0 Å². The molecule has 1 heterocycles. The molecule has 118 valence electrons. The third-order valence-corrected chi connectivity index (χ3v) is 3.28. The van der Waals surface area contributed by atoms with Gasteiger partial charge in [0.2, 0.25) is 5.91 Å². The number of carbonyl (C=O) groups excluding carboxylic acids is 1. The summed E-state index contributed by atoms with van der Waals surface area (Å²) in [6.45, 7) is 4.35. The molecule has 0 spiro atoms. The molecule has 0 aliphatic carbocycles. The van der Waals surface area contributed by atoms with Gasteiger partial charge < -0.3 is 10.1 Å². The Hall–Kier alpha value is -2.21. The number of rotatable bonds is 6. The fourth-order valence-electron chi connectivity index (χ4n) is 2.06. The highest BCUT2D eigenvalue weighted by Crippen LogP contribution is 2.16. The molecule has 1 aromatic carbocycles. The van der Waals surface area contributed by atoms with E-state index in [2.05, 4.69) is 10.4 Å². The van der Waals surface area contributed by atoms with Crippen molar-refractivity contribution in [3.8, 4) is 5.69 Å². The van der Waals surface area contributed by atoms with Crippen molar-refractivity contribution in [2.24, 2.45) is 5.41 Å². The van der Waals surface area contributed by atoms with Crippen molar-refractivity contribution in [3.63, 3.8) is 0 Å². The predicted octanol–water partition coefficient (Wildman–Crippen LogP) is 2.30. The fourth-order valence-corrected chi connectivity index (χ4v) is 2.06. The monoisotopic (exact) mass is 305 g/mol. The summed E-state index contributed by atoms with van der Waals surface area (Å²) in [5.41, 5.74) is 0.885. The highest BCUT2D eigenvalue weighted by molar-refractivity contribution is 5.81. The number of carbonyl (C=O) groups is 1. The average Bonchev–Trinajstić information content (AvgIpc) is 2.93. The second kappa shape index (κ2) is 6.70. The van der Waals surface area contributed by atoms with Crippen LogP contribution in [0.4, 0.5) is 4.39 Å². The van der Waals surface area contributed by atoms with E-state index < -0.39 is 5.41 Å². The van der Waals surface area contributed by atoms with Crippen LogP contribution in [-0.4, -0.2) is 29.4 Å². The van der Waals surface area contributed by atoms with E-state index in [0.717, 1.165) is 5.56 Å². The Labute approximate surface area is 129 Å². The van der Waals surface area contributed by atoms with Gasteiger partial charge in [0.1, 0.15) is 5.82 Å². The van der Waals surface area contributed by atoms with Crippen LogP contribution in [0, 0.1) is 11.2 Å². The molecular weight excluding hydrogens is 285 g/mol. The molecule has 0 saturated heterocycles. The maximum absolute atomic E-state index is 13.2. The van der Waals surface area contributed by atoms with Crippen molar-refractivity contribution in [2.45, 2.75) is 20.4 Å². The van der Waals surface area contributed by atoms with Crippen LogP contribution < -0.4 is 5.32 Å². The molecule has 5 nitrogen and oxygen atoms in total. The minimum Gasteiger partial charge on any atom is -0.384 e. The molecular formula is C16H20FN3O2. The lowest BCUT2D eigenvalue weighted by Crippen LogP contribution is -2.39. The topological polar surface area (TPSA) is 56.1 Å². The summed E-state index contributed by atoms with van der Waals surface area (Å²) in [4.78, 5) is 12.1. The first-order valence-electron chi connectivity index (χ1n) is 6.99. The van der Waals surface area contributed by atoms with Crippen molar-refractivity contribution in [2.75, 3.05) is 13.7 Å². The van der Waals surface area contributed by atoms with E-state index in [9.17, 15) is 9.18 Å². The molecule has 0 aliphatic heterocycles. The van der Waals surface area contributed by atoms with Crippen LogP contribution in [-0.2, 0) is 16.1 Å². The minimum atomic E-state index is -0.590. The Kier molecular flexibility index (Phi) is 4.92. The molecule has 0 fully saturated rings. The summed E-state index contributed by atoms with van der Waals surface area (Å²) < 4.78 is 19.8. The van der Waals surface area contributed by atoms with Gasteiger partial charge in [-0.1, -0.05) is 6.07 Å². The molecule has 0 unspecified atom stereocenters. The normalized spacial score (nSPS) is 11.5. The van der Waals surface area contributed by atoms with Crippen LogP contribution in [0.5, 0.6) is 0 Å². The summed E-state index contributed by atoms with van der Waals surface area (Å²) in [5, 5.41) is 7.03. The molecule has 6 heteroatoms. The van der Waals surface area contributed by atoms with Gasteiger partial charge in [0, 0.05) is 25.4 Å². The van der Waals surface area contributed by atoms with Crippen LogP contribution in [0.2, 0.25) is 0 Å². The van der Waals surface area contributed by atoms with E-state index in [0.29, 0.717) is 18.8 Å². The number of aromatic nitrogens is 2. The van der Waals surface area contributed by atoms with Crippen LogP contribution in [0.1, 0.15) is 19.4 Å². The van der Waals surface area contributed by atoms with Crippen molar-refractivity contribution < 1.29 is 13.9 Å². The number of hydrogen-bond donors (Lipinski definition) is 1. The van der Waals surface area contributed by atoms with E-state index in [1.165, 1.54) is 12.1 Å². The Morgan fingerprint density at radius 3 is 2.91 bits per heavy atom. The highest BCUT2D eigenvalue weighted by Gasteiger charge is 2.27. The number of hydrogen-bond acceptors (Lipinski definition) is 3. The van der Waals surface area contributed by atoms with Crippen molar-refractivity contribution >= 4 is 5.91 Å². The first kappa shape index (κ1) is 16.2. The standard InChI is InChI=1S/C16H20FN3O2/c1-16(2,11-22-3)15(21)18-8-12-9-19-20(10-12)14-6-4-5-13(17)7-14/h4-7,9-10H,8,11H2,1-3H3,(H,18,21). The summed E-state index contributed by atoms with van der Waals surface area (Å²) >= 11 is 0. The number of ether oxygens (including phenoxy) is 1. The van der Waals surface area contributed by atoms with E-state index in [1.807, 2.05) is 13.8 Å². The highest BCUT2D eigenvalue weighted by atomic mass is 19.1. The molecule has 0 saturated carbocycles. The van der Waals surface area contributed by atoms with Crippen LogP contribution >= 0.6 is 0 Å². The maximum Gasteiger partial charge on any atom is 0.228 e.